The number of rotatable bonds is 7. The molecule has 5 nitrogen and oxygen atoms in total. The molecular formula is C28H28N2O3. The molecule has 5 rings (SSSR count). The van der Waals surface area contributed by atoms with Gasteiger partial charge in [-0.2, -0.15) is 0 Å². The molecule has 1 aromatic heterocycles. The van der Waals surface area contributed by atoms with Crippen LogP contribution in [-0.2, 0) is 6.42 Å². The molecule has 4 aromatic rings. The van der Waals surface area contributed by atoms with Crippen LogP contribution in [-0.4, -0.2) is 40.9 Å². The Hall–Kier alpha value is -3.57. The fourth-order valence-electron chi connectivity index (χ4n) is 4.36. The van der Waals surface area contributed by atoms with Crippen molar-refractivity contribution < 1.29 is 14.4 Å². The lowest BCUT2D eigenvalue weighted by Crippen LogP contribution is -2.53. The van der Waals surface area contributed by atoms with Crippen LogP contribution in [0.1, 0.15) is 19.4 Å². The lowest BCUT2D eigenvalue weighted by molar-refractivity contribution is 0.0238. The predicted octanol–water partition coefficient (Wildman–Crippen LogP) is 6.03. The molecule has 1 aliphatic heterocycles. The molecule has 2 heterocycles. The molecule has 0 saturated carbocycles. The average Bonchev–Trinajstić information content (AvgIpc) is 3.27. The number of aromatic hydroxyl groups is 1. The third-order valence-electron chi connectivity index (χ3n) is 6.29. The molecule has 5 heteroatoms. The molecule has 0 spiro atoms. The van der Waals surface area contributed by atoms with Crippen LogP contribution >= 0.6 is 0 Å². The Morgan fingerprint density at radius 2 is 1.64 bits per heavy atom. The van der Waals surface area contributed by atoms with Crippen molar-refractivity contribution in [2.75, 3.05) is 19.6 Å². The summed E-state index contributed by atoms with van der Waals surface area (Å²) in [6, 6.07) is 23.5. The number of likely N-dealkylation sites (tertiary alicyclic amines) is 1. The minimum absolute atomic E-state index is 0.218. The van der Waals surface area contributed by atoms with E-state index in [0.717, 1.165) is 59.8 Å². The van der Waals surface area contributed by atoms with Gasteiger partial charge in [-0.15, -0.1) is 0 Å². The predicted molar refractivity (Wildman–Crippen MR) is 130 cm³/mol. The zero-order valence-corrected chi connectivity index (χ0v) is 19.0. The van der Waals surface area contributed by atoms with E-state index < -0.39 is 0 Å². The highest BCUT2D eigenvalue weighted by Gasteiger charge is 2.27. The van der Waals surface area contributed by atoms with Crippen molar-refractivity contribution in [1.82, 2.24) is 10.1 Å². The average molecular weight is 441 g/mol. The molecular weight excluding hydrogens is 412 g/mol. The van der Waals surface area contributed by atoms with Crippen LogP contribution in [0.15, 0.2) is 77.3 Å². The first-order valence-corrected chi connectivity index (χ1v) is 11.5. The third kappa shape index (κ3) is 4.24. The molecule has 33 heavy (non-hydrogen) atoms. The third-order valence-corrected chi connectivity index (χ3v) is 6.29. The number of likely N-dealkylation sites (N-methyl/N-ethyl adjacent to an activating group) is 1. The first-order chi connectivity index (χ1) is 16.2. The largest absolute Gasteiger partial charge is 0.508 e. The van der Waals surface area contributed by atoms with Gasteiger partial charge in [-0.05, 0) is 60.5 Å². The monoisotopic (exact) mass is 440 g/mol. The summed E-state index contributed by atoms with van der Waals surface area (Å²) >= 11 is 0. The normalized spacial score (nSPS) is 14.2. The Labute approximate surface area is 194 Å². The Kier molecular flexibility index (Phi) is 5.88. The number of nitrogens with zero attached hydrogens (tertiary/aromatic N) is 2. The van der Waals surface area contributed by atoms with Crippen LogP contribution in [0.2, 0.25) is 0 Å². The van der Waals surface area contributed by atoms with Gasteiger partial charge in [-0.1, -0.05) is 55.4 Å². The highest BCUT2D eigenvalue weighted by atomic mass is 16.5. The highest BCUT2D eigenvalue weighted by Crippen LogP contribution is 2.41. The number of phenolic OH excluding ortho intramolecular Hbond substituents is 1. The van der Waals surface area contributed by atoms with Crippen molar-refractivity contribution in [1.29, 1.82) is 0 Å². The van der Waals surface area contributed by atoms with Gasteiger partial charge in [-0.3, -0.25) is 4.90 Å². The van der Waals surface area contributed by atoms with Gasteiger partial charge < -0.3 is 14.4 Å². The Morgan fingerprint density at radius 3 is 2.33 bits per heavy atom. The van der Waals surface area contributed by atoms with E-state index >= 15 is 0 Å². The van der Waals surface area contributed by atoms with Crippen LogP contribution < -0.4 is 4.74 Å². The van der Waals surface area contributed by atoms with Gasteiger partial charge in [0.2, 0.25) is 0 Å². The van der Waals surface area contributed by atoms with E-state index in [1.807, 2.05) is 30.3 Å². The Balaban J connectivity index is 1.54. The summed E-state index contributed by atoms with van der Waals surface area (Å²) in [6.07, 6.45) is 1.16. The minimum Gasteiger partial charge on any atom is -0.508 e. The summed E-state index contributed by atoms with van der Waals surface area (Å²) in [5.41, 5.74) is 5.92. The first-order valence-electron chi connectivity index (χ1n) is 11.5. The van der Waals surface area contributed by atoms with Crippen LogP contribution in [0, 0.1) is 0 Å². The van der Waals surface area contributed by atoms with Gasteiger partial charge >= 0.3 is 0 Å². The molecule has 0 atom stereocenters. The van der Waals surface area contributed by atoms with Crippen molar-refractivity contribution in [3.05, 3.63) is 78.4 Å². The van der Waals surface area contributed by atoms with Gasteiger partial charge in [0.25, 0.3) is 0 Å². The molecule has 0 amide bonds. The van der Waals surface area contributed by atoms with Gasteiger partial charge in [0.1, 0.15) is 23.3 Å². The van der Waals surface area contributed by atoms with Gasteiger partial charge in [-0.25, -0.2) is 0 Å². The van der Waals surface area contributed by atoms with E-state index in [1.54, 1.807) is 12.1 Å². The van der Waals surface area contributed by atoms with Crippen LogP contribution in [0.3, 0.4) is 0 Å². The van der Waals surface area contributed by atoms with Crippen molar-refractivity contribution >= 4 is 0 Å². The van der Waals surface area contributed by atoms with E-state index in [9.17, 15) is 5.11 Å². The quantitative estimate of drug-likeness (QED) is 0.380. The molecule has 1 N–H and O–H groups in total. The lowest BCUT2D eigenvalue weighted by Gasteiger charge is -2.38. The maximum Gasteiger partial charge on any atom is 0.175 e. The molecule has 3 aromatic carbocycles. The topological polar surface area (TPSA) is 58.7 Å². The van der Waals surface area contributed by atoms with E-state index in [0.29, 0.717) is 5.76 Å². The zero-order valence-electron chi connectivity index (χ0n) is 19.0. The van der Waals surface area contributed by atoms with E-state index in [4.69, 9.17) is 9.26 Å². The summed E-state index contributed by atoms with van der Waals surface area (Å²) in [5.74, 6) is 1.77. The van der Waals surface area contributed by atoms with Crippen LogP contribution in [0.25, 0.3) is 33.7 Å². The van der Waals surface area contributed by atoms with Crippen molar-refractivity contribution in [3.8, 4) is 45.2 Å². The number of ether oxygens (including phenoxy) is 1. The Bertz CT molecular complexity index is 1220. The molecule has 0 aliphatic carbocycles. The standard InChI is InChI=1S/C28H28N2O3/c1-3-19-7-5-6-8-25(19)27-26(28(33-29-27)21-9-13-22(31)14-10-21)20-11-15-23(16-12-20)32-24-17-30(4-2)18-24/h5-16,24,31H,3-4,17-18H2,1-2H3. The summed E-state index contributed by atoms with van der Waals surface area (Å²) in [7, 11) is 0. The number of benzene rings is 3. The number of aryl methyl sites for hydroxylation is 1. The molecule has 0 unspecified atom stereocenters. The summed E-state index contributed by atoms with van der Waals surface area (Å²) in [5, 5.41) is 14.2. The van der Waals surface area contributed by atoms with Crippen LogP contribution in [0.4, 0.5) is 0 Å². The van der Waals surface area contributed by atoms with Crippen molar-refractivity contribution in [2.45, 2.75) is 26.4 Å². The second kappa shape index (κ2) is 9.12. The second-order valence-electron chi connectivity index (χ2n) is 8.41. The minimum atomic E-state index is 0.218. The smallest absolute Gasteiger partial charge is 0.175 e. The maximum atomic E-state index is 9.74. The van der Waals surface area contributed by atoms with E-state index in [1.165, 1.54) is 5.56 Å². The molecule has 0 bridgehead atoms. The highest BCUT2D eigenvalue weighted by molar-refractivity contribution is 5.91. The molecule has 1 saturated heterocycles. The first kappa shape index (κ1) is 21.3. The Morgan fingerprint density at radius 1 is 0.939 bits per heavy atom. The number of hydrogen-bond donors (Lipinski definition) is 1. The van der Waals surface area contributed by atoms with Crippen molar-refractivity contribution in [3.63, 3.8) is 0 Å². The lowest BCUT2D eigenvalue weighted by atomic mass is 9.93. The molecule has 1 fully saturated rings. The second-order valence-corrected chi connectivity index (χ2v) is 8.41. The van der Waals surface area contributed by atoms with Gasteiger partial charge in [0.15, 0.2) is 5.76 Å². The van der Waals surface area contributed by atoms with Gasteiger partial charge in [0.05, 0.1) is 5.56 Å². The van der Waals surface area contributed by atoms with E-state index in [2.05, 4.69) is 54.2 Å². The summed E-state index contributed by atoms with van der Waals surface area (Å²) in [4.78, 5) is 2.36. The number of hydrogen-bond acceptors (Lipinski definition) is 5. The summed E-state index contributed by atoms with van der Waals surface area (Å²) in [6.45, 7) is 7.34. The number of phenols is 1. The SMILES string of the molecule is CCc1ccccc1-c1noc(-c2ccc(O)cc2)c1-c1ccc(OC2CN(CC)C2)cc1. The van der Waals surface area contributed by atoms with Gasteiger partial charge in [0, 0.05) is 24.2 Å². The van der Waals surface area contributed by atoms with Crippen molar-refractivity contribution in [2.24, 2.45) is 0 Å². The molecule has 1 aliphatic rings. The van der Waals surface area contributed by atoms with E-state index in [-0.39, 0.29) is 11.9 Å². The maximum absolute atomic E-state index is 9.74. The zero-order chi connectivity index (χ0) is 22.8. The molecule has 168 valence electrons. The van der Waals surface area contributed by atoms with Crippen LogP contribution in [0.5, 0.6) is 11.5 Å². The summed E-state index contributed by atoms with van der Waals surface area (Å²) < 4.78 is 12.0. The molecule has 0 radical (unpaired) electrons. The number of aromatic nitrogens is 1. The fraction of sp³-hybridized carbons (Fsp3) is 0.250. The fourth-order valence-corrected chi connectivity index (χ4v) is 4.36.